The Labute approximate surface area is 156 Å². The SMILES string of the molecule is O=C(COC(=O)c1ccc(NC(=O)C(F)(F)F)cc1)Nc1ccccc1Cl. The number of amides is 2. The summed E-state index contributed by atoms with van der Waals surface area (Å²) >= 11 is 5.88. The molecule has 0 bridgehead atoms. The normalized spacial score (nSPS) is 10.8. The van der Waals surface area contributed by atoms with E-state index in [1.54, 1.807) is 29.6 Å². The number of ether oxygens (including phenoxy) is 1. The van der Waals surface area contributed by atoms with Crippen LogP contribution in [-0.2, 0) is 14.3 Å². The molecule has 0 aliphatic rings. The van der Waals surface area contributed by atoms with E-state index in [4.69, 9.17) is 16.3 Å². The number of anilines is 2. The van der Waals surface area contributed by atoms with Crippen molar-refractivity contribution in [2.75, 3.05) is 17.2 Å². The lowest BCUT2D eigenvalue weighted by atomic mass is 10.2. The van der Waals surface area contributed by atoms with E-state index in [0.29, 0.717) is 10.7 Å². The molecule has 0 radical (unpaired) electrons. The van der Waals surface area contributed by atoms with Crippen LogP contribution in [0.3, 0.4) is 0 Å². The van der Waals surface area contributed by atoms with E-state index in [-0.39, 0.29) is 11.3 Å². The number of alkyl halides is 3. The van der Waals surface area contributed by atoms with Gasteiger partial charge >= 0.3 is 18.1 Å². The van der Waals surface area contributed by atoms with Gasteiger partial charge in [-0.25, -0.2) is 4.79 Å². The van der Waals surface area contributed by atoms with Crippen LogP contribution in [0.25, 0.3) is 0 Å². The van der Waals surface area contributed by atoms with Gasteiger partial charge in [-0.2, -0.15) is 13.2 Å². The second-order valence-electron chi connectivity index (χ2n) is 5.13. The van der Waals surface area contributed by atoms with Crippen molar-refractivity contribution in [1.82, 2.24) is 0 Å². The first-order chi connectivity index (χ1) is 12.7. The summed E-state index contributed by atoms with van der Waals surface area (Å²) in [4.78, 5) is 34.5. The third-order valence-corrected chi connectivity index (χ3v) is 3.45. The lowest BCUT2D eigenvalue weighted by Crippen LogP contribution is -2.29. The zero-order chi connectivity index (χ0) is 20.0. The summed E-state index contributed by atoms with van der Waals surface area (Å²) in [7, 11) is 0. The van der Waals surface area contributed by atoms with Gasteiger partial charge in [0.2, 0.25) is 0 Å². The van der Waals surface area contributed by atoms with Gasteiger partial charge in [-0.1, -0.05) is 23.7 Å². The lowest BCUT2D eigenvalue weighted by Gasteiger charge is -2.09. The smallest absolute Gasteiger partial charge is 0.452 e. The Morgan fingerprint density at radius 1 is 0.963 bits per heavy atom. The molecule has 2 aromatic rings. The van der Waals surface area contributed by atoms with Crippen LogP contribution in [-0.4, -0.2) is 30.6 Å². The molecule has 0 aliphatic carbocycles. The summed E-state index contributed by atoms with van der Waals surface area (Å²) in [5.74, 6) is -3.61. The molecular formula is C17H12ClF3N2O4. The molecule has 0 saturated carbocycles. The van der Waals surface area contributed by atoms with Gasteiger partial charge in [0.1, 0.15) is 0 Å². The van der Waals surface area contributed by atoms with Gasteiger partial charge in [0, 0.05) is 5.69 Å². The summed E-state index contributed by atoms with van der Waals surface area (Å²) in [6.07, 6.45) is -5.02. The fraction of sp³-hybridized carbons (Fsp3) is 0.118. The van der Waals surface area contributed by atoms with Crippen molar-refractivity contribution in [2.24, 2.45) is 0 Å². The largest absolute Gasteiger partial charge is 0.471 e. The van der Waals surface area contributed by atoms with Gasteiger partial charge in [-0.15, -0.1) is 0 Å². The molecule has 0 spiro atoms. The zero-order valence-corrected chi connectivity index (χ0v) is 14.2. The van der Waals surface area contributed by atoms with Gasteiger partial charge in [-0.3, -0.25) is 9.59 Å². The molecule has 10 heteroatoms. The molecule has 2 aromatic carbocycles. The van der Waals surface area contributed by atoms with E-state index >= 15 is 0 Å². The maximum atomic E-state index is 12.2. The molecule has 0 saturated heterocycles. The van der Waals surface area contributed by atoms with Crippen molar-refractivity contribution in [1.29, 1.82) is 0 Å². The molecule has 2 amide bonds. The fourth-order valence-corrected chi connectivity index (χ4v) is 2.04. The van der Waals surface area contributed by atoms with Crippen LogP contribution in [0.5, 0.6) is 0 Å². The first-order valence-corrected chi connectivity index (χ1v) is 7.74. The molecule has 2 rings (SSSR count). The average molecular weight is 401 g/mol. The highest BCUT2D eigenvalue weighted by Gasteiger charge is 2.38. The van der Waals surface area contributed by atoms with Crippen LogP contribution in [0.1, 0.15) is 10.4 Å². The number of para-hydroxylation sites is 1. The lowest BCUT2D eigenvalue weighted by molar-refractivity contribution is -0.167. The number of carbonyl (C=O) groups excluding carboxylic acids is 3. The molecule has 0 unspecified atom stereocenters. The van der Waals surface area contributed by atoms with Crippen molar-refractivity contribution < 1.29 is 32.3 Å². The number of halogens is 4. The third-order valence-electron chi connectivity index (χ3n) is 3.12. The molecular weight excluding hydrogens is 389 g/mol. The number of hydrogen-bond acceptors (Lipinski definition) is 4. The van der Waals surface area contributed by atoms with E-state index in [1.807, 2.05) is 0 Å². The van der Waals surface area contributed by atoms with Gasteiger partial charge in [-0.05, 0) is 36.4 Å². The number of hydrogen-bond donors (Lipinski definition) is 2. The number of rotatable bonds is 5. The van der Waals surface area contributed by atoms with Crippen LogP contribution < -0.4 is 10.6 Å². The third kappa shape index (κ3) is 6.00. The highest BCUT2D eigenvalue weighted by molar-refractivity contribution is 6.33. The molecule has 27 heavy (non-hydrogen) atoms. The summed E-state index contributed by atoms with van der Waals surface area (Å²) in [5, 5.41) is 4.41. The second-order valence-corrected chi connectivity index (χ2v) is 5.54. The van der Waals surface area contributed by atoms with E-state index in [1.165, 1.54) is 0 Å². The maximum absolute atomic E-state index is 12.2. The predicted molar refractivity (Wildman–Crippen MR) is 91.5 cm³/mol. The summed E-state index contributed by atoms with van der Waals surface area (Å²) in [5.41, 5.74) is 0.195. The van der Waals surface area contributed by atoms with Crippen LogP contribution in [0, 0.1) is 0 Å². The Kier molecular flexibility index (Phi) is 6.40. The van der Waals surface area contributed by atoms with Crippen molar-refractivity contribution in [2.45, 2.75) is 6.18 Å². The molecule has 0 aromatic heterocycles. The van der Waals surface area contributed by atoms with E-state index in [0.717, 1.165) is 24.3 Å². The Morgan fingerprint density at radius 3 is 2.19 bits per heavy atom. The Morgan fingerprint density at radius 2 is 1.59 bits per heavy atom. The molecule has 0 fully saturated rings. The van der Waals surface area contributed by atoms with Crippen molar-refractivity contribution >= 4 is 40.8 Å². The fourth-order valence-electron chi connectivity index (χ4n) is 1.85. The maximum Gasteiger partial charge on any atom is 0.471 e. The van der Waals surface area contributed by atoms with Gasteiger partial charge in [0.25, 0.3) is 5.91 Å². The Hall–Kier alpha value is -3.07. The minimum Gasteiger partial charge on any atom is -0.452 e. The highest BCUT2D eigenvalue weighted by Crippen LogP contribution is 2.20. The second kappa shape index (κ2) is 8.54. The molecule has 6 nitrogen and oxygen atoms in total. The van der Waals surface area contributed by atoms with E-state index in [9.17, 15) is 27.6 Å². The van der Waals surface area contributed by atoms with E-state index in [2.05, 4.69) is 5.32 Å². The minimum absolute atomic E-state index is 0.00875. The number of esters is 1. The highest BCUT2D eigenvalue weighted by atomic mass is 35.5. The zero-order valence-electron chi connectivity index (χ0n) is 13.5. The average Bonchev–Trinajstić information content (AvgIpc) is 2.61. The number of nitrogens with one attached hydrogen (secondary N) is 2. The standard InChI is InChI=1S/C17H12ClF3N2O4/c18-12-3-1-2-4-13(12)23-14(24)9-27-15(25)10-5-7-11(8-6-10)22-16(26)17(19,20)21/h1-8H,9H2,(H,22,26)(H,23,24). The van der Waals surface area contributed by atoms with Gasteiger partial charge in [0.05, 0.1) is 16.3 Å². The quantitative estimate of drug-likeness (QED) is 0.750. The number of carbonyl (C=O) groups is 3. The minimum atomic E-state index is -5.02. The summed E-state index contributed by atoms with van der Waals surface area (Å²) < 4.78 is 41.3. The summed E-state index contributed by atoms with van der Waals surface area (Å²) in [6.45, 7) is -0.587. The van der Waals surface area contributed by atoms with Gasteiger partial charge in [0.15, 0.2) is 6.61 Å². The van der Waals surface area contributed by atoms with Crippen LogP contribution in [0.4, 0.5) is 24.5 Å². The topological polar surface area (TPSA) is 84.5 Å². The van der Waals surface area contributed by atoms with Crippen LogP contribution in [0.15, 0.2) is 48.5 Å². The van der Waals surface area contributed by atoms with Crippen molar-refractivity contribution in [3.8, 4) is 0 Å². The monoisotopic (exact) mass is 400 g/mol. The Bertz CT molecular complexity index is 854. The van der Waals surface area contributed by atoms with Crippen molar-refractivity contribution in [3.63, 3.8) is 0 Å². The predicted octanol–water partition coefficient (Wildman–Crippen LogP) is 3.64. The van der Waals surface area contributed by atoms with E-state index < -0.39 is 30.6 Å². The number of benzene rings is 2. The molecule has 0 atom stereocenters. The Balaban J connectivity index is 1.88. The van der Waals surface area contributed by atoms with Crippen molar-refractivity contribution in [3.05, 3.63) is 59.1 Å². The first kappa shape index (κ1) is 20.2. The van der Waals surface area contributed by atoms with Crippen LogP contribution in [0.2, 0.25) is 5.02 Å². The first-order valence-electron chi connectivity index (χ1n) is 7.36. The molecule has 0 heterocycles. The van der Waals surface area contributed by atoms with Gasteiger partial charge < -0.3 is 15.4 Å². The van der Waals surface area contributed by atoms with Crippen LogP contribution >= 0.6 is 11.6 Å². The molecule has 0 aliphatic heterocycles. The molecule has 142 valence electrons. The summed E-state index contributed by atoms with van der Waals surface area (Å²) in [6, 6.07) is 11.0. The molecule has 2 N–H and O–H groups in total.